The van der Waals surface area contributed by atoms with Crippen LogP contribution in [0.3, 0.4) is 0 Å². The molecule has 7 nitrogen and oxygen atoms in total. The van der Waals surface area contributed by atoms with Gasteiger partial charge in [0.2, 0.25) is 5.75 Å². The normalized spacial score (nSPS) is 10.8. The van der Waals surface area contributed by atoms with Crippen LogP contribution >= 0.6 is 0 Å². The molecule has 0 radical (unpaired) electrons. The zero-order chi connectivity index (χ0) is 22.4. The van der Waals surface area contributed by atoms with Crippen LogP contribution in [0.15, 0.2) is 59.7 Å². The monoisotopic (exact) mass is 419 g/mol. The fourth-order valence-electron chi connectivity index (χ4n) is 3.06. The van der Waals surface area contributed by atoms with Crippen LogP contribution in [-0.4, -0.2) is 18.2 Å². The van der Waals surface area contributed by atoms with E-state index in [-0.39, 0.29) is 23.8 Å². The Hall–Kier alpha value is -3.87. The Morgan fingerprint density at radius 1 is 1.06 bits per heavy atom. The van der Waals surface area contributed by atoms with Gasteiger partial charge in [-0.2, -0.15) is 5.10 Å². The summed E-state index contributed by atoms with van der Waals surface area (Å²) in [7, 11) is 1.45. The second-order valence-corrected chi connectivity index (χ2v) is 7.28. The minimum absolute atomic E-state index is 0.0910. The van der Waals surface area contributed by atoms with Crippen LogP contribution in [0.2, 0.25) is 0 Å². The number of nitrogens with zero attached hydrogens (tertiary/aromatic N) is 2. The van der Waals surface area contributed by atoms with Gasteiger partial charge in [-0.05, 0) is 55.7 Å². The molecule has 0 unspecified atom stereocenters. The molecule has 0 aliphatic carbocycles. The fraction of sp³-hybridized carbons (Fsp3) is 0.208. The molecule has 3 rings (SSSR count). The molecule has 1 N–H and O–H groups in total. The molecule has 7 heteroatoms. The van der Waals surface area contributed by atoms with Crippen molar-refractivity contribution in [3.8, 4) is 11.5 Å². The highest BCUT2D eigenvalue weighted by molar-refractivity contribution is 5.83. The number of hydrazone groups is 1. The molecule has 0 bridgehead atoms. The average molecular weight is 419 g/mol. The second-order valence-electron chi connectivity index (χ2n) is 7.28. The number of anilines is 1. The smallest absolute Gasteiger partial charge is 0.315 e. The van der Waals surface area contributed by atoms with Crippen LogP contribution in [0.5, 0.6) is 11.5 Å². The summed E-state index contributed by atoms with van der Waals surface area (Å²) in [6, 6.07) is 16.8. The van der Waals surface area contributed by atoms with E-state index in [1.807, 2.05) is 63.2 Å². The summed E-state index contributed by atoms with van der Waals surface area (Å²) in [5.41, 5.74) is 8.45. The maximum atomic E-state index is 11.7. The largest absolute Gasteiger partial charge is 0.493 e. The number of hydrogen-bond donors (Lipinski definition) is 1. The van der Waals surface area contributed by atoms with E-state index < -0.39 is 4.92 Å². The van der Waals surface area contributed by atoms with Gasteiger partial charge in [-0.3, -0.25) is 15.5 Å². The standard InChI is InChI=1S/C24H25N3O4/c1-16-6-5-7-19(10-16)15-31-24-22(27(28)29)12-20(13-23(24)30-4)14-25-26-21-9-8-17(2)18(3)11-21/h5-14,26H,15H2,1-4H3/b25-14+. The molecule has 3 aromatic carbocycles. The molecular formula is C24H25N3O4. The predicted molar refractivity (Wildman–Crippen MR) is 122 cm³/mol. The number of aryl methyl sites for hydroxylation is 3. The molecule has 160 valence electrons. The lowest BCUT2D eigenvalue weighted by molar-refractivity contribution is -0.386. The fourth-order valence-corrected chi connectivity index (χ4v) is 3.06. The van der Waals surface area contributed by atoms with Crippen LogP contribution < -0.4 is 14.9 Å². The molecule has 0 atom stereocenters. The number of ether oxygens (including phenoxy) is 2. The van der Waals surface area contributed by atoms with Crippen molar-refractivity contribution in [2.45, 2.75) is 27.4 Å². The molecule has 0 aromatic heterocycles. The summed E-state index contributed by atoms with van der Waals surface area (Å²) >= 11 is 0. The number of hydrogen-bond acceptors (Lipinski definition) is 6. The number of methoxy groups -OCH3 is 1. The van der Waals surface area contributed by atoms with E-state index in [0.29, 0.717) is 5.56 Å². The summed E-state index contributed by atoms with van der Waals surface area (Å²) in [5, 5.41) is 15.9. The minimum Gasteiger partial charge on any atom is -0.493 e. The van der Waals surface area contributed by atoms with Gasteiger partial charge in [-0.1, -0.05) is 35.9 Å². The van der Waals surface area contributed by atoms with Crippen molar-refractivity contribution in [3.63, 3.8) is 0 Å². The van der Waals surface area contributed by atoms with Crippen molar-refractivity contribution in [2.75, 3.05) is 12.5 Å². The van der Waals surface area contributed by atoms with E-state index in [0.717, 1.165) is 22.4 Å². The van der Waals surface area contributed by atoms with Crippen LogP contribution in [0.25, 0.3) is 0 Å². The number of nitro benzene ring substituents is 1. The Kier molecular flexibility index (Phi) is 6.87. The first-order valence-corrected chi connectivity index (χ1v) is 9.78. The van der Waals surface area contributed by atoms with Crippen molar-refractivity contribution in [3.05, 3.63) is 92.5 Å². The SMILES string of the molecule is COc1cc(/C=N/Nc2ccc(C)c(C)c2)cc([N+](=O)[O-])c1OCc1cccc(C)c1. The number of nitro groups is 1. The van der Waals surface area contributed by atoms with Crippen LogP contribution in [0, 0.1) is 30.9 Å². The molecule has 0 fully saturated rings. The molecule has 0 saturated heterocycles. The molecule has 0 spiro atoms. The van der Waals surface area contributed by atoms with Gasteiger partial charge < -0.3 is 9.47 Å². The van der Waals surface area contributed by atoms with Crippen LogP contribution in [-0.2, 0) is 6.61 Å². The van der Waals surface area contributed by atoms with Crippen molar-refractivity contribution < 1.29 is 14.4 Å². The molecule has 31 heavy (non-hydrogen) atoms. The Bertz CT molecular complexity index is 1130. The molecule has 3 aromatic rings. The van der Waals surface area contributed by atoms with Gasteiger partial charge in [0.25, 0.3) is 0 Å². The third-order valence-electron chi connectivity index (χ3n) is 4.85. The maximum Gasteiger partial charge on any atom is 0.315 e. The Labute approximate surface area is 181 Å². The zero-order valence-corrected chi connectivity index (χ0v) is 18.0. The van der Waals surface area contributed by atoms with E-state index in [9.17, 15) is 10.1 Å². The summed E-state index contributed by atoms with van der Waals surface area (Å²) in [6.45, 7) is 6.23. The quantitative estimate of drug-likeness (QED) is 0.294. The Morgan fingerprint density at radius 3 is 2.55 bits per heavy atom. The number of benzene rings is 3. The summed E-state index contributed by atoms with van der Waals surface area (Å²) < 4.78 is 11.2. The van der Waals surface area contributed by atoms with Crippen molar-refractivity contribution in [1.82, 2.24) is 0 Å². The maximum absolute atomic E-state index is 11.7. The van der Waals surface area contributed by atoms with Gasteiger partial charge in [-0.15, -0.1) is 0 Å². The molecule has 0 amide bonds. The molecule has 0 saturated carbocycles. The van der Waals surface area contributed by atoms with Crippen molar-refractivity contribution in [1.29, 1.82) is 0 Å². The van der Waals surface area contributed by atoms with Gasteiger partial charge in [0.1, 0.15) is 6.61 Å². The predicted octanol–water partition coefficient (Wildman–Crippen LogP) is 5.55. The zero-order valence-electron chi connectivity index (χ0n) is 18.0. The van der Waals surface area contributed by atoms with Gasteiger partial charge in [0.15, 0.2) is 5.75 Å². The number of rotatable bonds is 8. The van der Waals surface area contributed by atoms with E-state index in [1.54, 1.807) is 6.07 Å². The van der Waals surface area contributed by atoms with E-state index in [2.05, 4.69) is 10.5 Å². The highest BCUT2D eigenvalue weighted by Crippen LogP contribution is 2.38. The first-order chi connectivity index (χ1) is 14.9. The third kappa shape index (κ3) is 5.60. The van der Waals surface area contributed by atoms with E-state index in [1.165, 1.54) is 25.0 Å². The highest BCUT2D eigenvalue weighted by atomic mass is 16.6. The van der Waals surface area contributed by atoms with Crippen LogP contribution in [0.4, 0.5) is 11.4 Å². The molecule has 0 aliphatic heterocycles. The Morgan fingerprint density at radius 2 is 1.87 bits per heavy atom. The van der Waals surface area contributed by atoms with Gasteiger partial charge >= 0.3 is 5.69 Å². The minimum atomic E-state index is -0.484. The first kappa shape index (κ1) is 21.8. The Balaban J connectivity index is 1.83. The van der Waals surface area contributed by atoms with Gasteiger partial charge in [-0.25, -0.2) is 0 Å². The topological polar surface area (TPSA) is 86.0 Å². The van der Waals surface area contributed by atoms with Gasteiger partial charge in [0.05, 0.1) is 23.9 Å². The first-order valence-electron chi connectivity index (χ1n) is 9.78. The summed E-state index contributed by atoms with van der Waals surface area (Å²) in [4.78, 5) is 11.2. The average Bonchev–Trinajstić information content (AvgIpc) is 2.74. The molecule has 0 aliphatic rings. The van der Waals surface area contributed by atoms with Gasteiger partial charge in [0, 0.05) is 11.6 Å². The lowest BCUT2D eigenvalue weighted by Gasteiger charge is -2.12. The van der Waals surface area contributed by atoms with Crippen molar-refractivity contribution >= 4 is 17.6 Å². The highest BCUT2D eigenvalue weighted by Gasteiger charge is 2.22. The number of nitrogens with one attached hydrogen (secondary N) is 1. The third-order valence-corrected chi connectivity index (χ3v) is 4.85. The molecular weight excluding hydrogens is 394 g/mol. The molecule has 0 heterocycles. The van der Waals surface area contributed by atoms with E-state index in [4.69, 9.17) is 9.47 Å². The van der Waals surface area contributed by atoms with Crippen molar-refractivity contribution in [2.24, 2.45) is 5.10 Å². The van der Waals surface area contributed by atoms with E-state index >= 15 is 0 Å². The second kappa shape index (κ2) is 9.75. The lowest BCUT2D eigenvalue weighted by Crippen LogP contribution is -2.03. The summed E-state index contributed by atoms with van der Waals surface area (Å²) in [5.74, 6) is 0.364. The summed E-state index contributed by atoms with van der Waals surface area (Å²) in [6.07, 6.45) is 1.51. The van der Waals surface area contributed by atoms with Crippen LogP contribution in [0.1, 0.15) is 27.8 Å². The lowest BCUT2D eigenvalue weighted by atomic mass is 10.1.